The Hall–Kier alpha value is -2.53. The second kappa shape index (κ2) is 8.44. The standard InChI is InChI=1S/C21H22ClNO4/c1-3-6-21(25)27-23-13-18(16-7-4-5-8-19(16)26-2)17-12-15(22)10-9-14(17)11-20(23)24/h4-5,7-10,12,18H,3,6,11,13H2,1-2H3. The number of rotatable bonds is 5. The summed E-state index contributed by atoms with van der Waals surface area (Å²) in [4.78, 5) is 30.1. The van der Waals surface area contributed by atoms with E-state index in [0.717, 1.165) is 16.7 Å². The van der Waals surface area contributed by atoms with Gasteiger partial charge in [-0.1, -0.05) is 42.8 Å². The van der Waals surface area contributed by atoms with E-state index in [2.05, 4.69) is 0 Å². The van der Waals surface area contributed by atoms with Crippen molar-refractivity contribution in [2.75, 3.05) is 13.7 Å². The predicted octanol–water partition coefficient (Wildman–Crippen LogP) is 4.12. The summed E-state index contributed by atoms with van der Waals surface area (Å²) in [5.41, 5.74) is 2.72. The van der Waals surface area contributed by atoms with Gasteiger partial charge in [-0.3, -0.25) is 4.79 Å². The molecule has 1 aliphatic rings. The summed E-state index contributed by atoms with van der Waals surface area (Å²) in [6.45, 7) is 2.10. The summed E-state index contributed by atoms with van der Waals surface area (Å²) in [6.07, 6.45) is 1.08. The van der Waals surface area contributed by atoms with Crippen LogP contribution in [0.15, 0.2) is 42.5 Å². The monoisotopic (exact) mass is 387 g/mol. The summed E-state index contributed by atoms with van der Waals surface area (Å²) in [7, 11) is 1.61. The van der Waals surface area contributed by atoms with Crippen LogP contribution in [0.2, 0.25) is 5.02 Å². The first-order chi connectivity index (χ1) is 13.0. The molecule has 0 bridgehead atoms. The third kappa shape index (κ3) is 4.25. The zero-order valence-electron chi connectivity index (χ0n) is 15.4. The molecule has 3 rings (SSSR count). The van der Waals surface area contributed by atoms with Crippen molar-refractivity contribution in [3.8, 4) is 5.75 Å². The summed E-state index contributed by atoms with van der Waals surface area (Å²) in [5.74, 6) is -0.174. The first-order valence-electron chi connectivity index (χ1n) is 8.95. The predicted molar refractivity (Wildman–Crippen MR) is 103 cm³/mol. The van der Waals surface area contributed by atoms with E-state index < -0.39 is 5.97 Å². The van der Waals surface area contributed by atoms with Crippen LogP contribution < -0.4 is 4.74 Å². The van der Waals surface area contributed by atoms with Crippen LogP contribution in [0.5, 0.6) is 5.75 Å². The van der Waals surface area contributed by atoms with Crippen molar-refractivity contribution in [3.63, 3.8) is 0 Å². The number of hydrogen-bond donors (Lipinski definition) is 0. The fraction of sp³-hybridized carbons (Fsp3) is 0.333. The van der Waals surface area contributed by atoms with Crippen LogP contribution in [0.4, 0.5) is 0 Å². The number of ether oxygens (including phenoxy) is 1. The number of halogens is 1. The Morgan fingerprint density at radius 2 is 2.00 bits per heavy atom. The van der Waals surface area contributed by atoms with Crippen molar-refractivity contribution in [1.29, 1.82) is 0 Å². The minimum absolute atomic E-state index is 0.150. The van der Waals surface area contributed by atoms with Gasteiger partial charge in [0.15, 0.2) is 0 Å². The van der Waals surface area contributed by atoms with Crippen LogP contribution >= 0.6 is 11.6 Å². The lowest BCUT2D eigenvalue weighted by Crippen LogP contribution is -2.36. The van der Waals surface area contributed by atoms with Crippen LogP contribution in [0.1, 0.15) is 42.4 Å². The maximum Gasteiger partial charge on any atom is 0.332 e. The van der Waals surface area contributed by atoms with Gasteiger partial charge >= 0.3 is 5.97 Å². The smallest absolute Gasteiger partial charge is 0.332 e. The minimum atomic E-state index is -0.409. The van der Waals surface area contributed by atoms with Gasteiger partial charge in [0.2, 0.25) is 0 Å². The maximum atomic E-state index is 12.7. The van der Waals surface area contributed by atoms with Crippen LogP contribution in [0.3, 0.4) is 0 Å². The van der Waals surface area contributed by atoms with E-state index in [9.17, 15) is 9.59 Å². The maximum absolute atomic E-state index is 12.7. The molecule has 0 aromatic heterocycles. The van der Waals surface area contributed by atoms with Crippen molar-refractivity contribution >= 4 is 23.5 Å². The van der Waals surface area contributed by atoms with Crippen LogP contribution in [0.25, 0.3) is 0 Å². The van der Waals surface area contributed by atoms with Gasteiger partial charge in [0, 0.05) is 22.9 Å². The van der Waals surface area contributed by atoms with Crippen LogP contribution in [0, 0.1) is 0 Å². The molecule has 0 radical (unpaired) electrons. The lowest BCUT2D eigenvalue weighted by atomic mass is 9.87. The summed E-state index contributed by atoms with van der Waals surface area (Å²) in [5, 5.41) is 1.78. The molecule has 27 heavy (non-hydrogen) atoms. The van der Waals surface area contributed by atoms with E-state index in [1.807, 2.05) is 43.3 Å². The quantitative estimate of drug-likeness (QED) is 0.774. The number of amides is 1. The lowest BCUT2D eigenvalue weighted by molar-refractivity contribution is -0.198. The number of carbonyl (C=O) groups excluding carboxylic acids is 2. The summed E-state index contributed by atoms with van der Waals surface area (Å²) < 4.78 is 5.52. The first-order valence-corrected chi connectivity index (χ1v) is 9.33. The Labute approximate surface area is 163 Å². The van der Waals surface area contributed by atoms with Gasteiger partial charge in [0.05, 0.1) is 20.1 Å². The van der Waals surface area contributed by atoms with Crippen LogP contribution in [-0.2, 0) is 20.8 Å². The van der Waals surface area contributed by atoms with Crippen molar-refractivity contribution < 1.29 is 19.2 Å². The third-order valence-corrected chi connectivity index (χ3v) is 4.87. The van der Waals surface area contributed by atoms with Gasteiger partial charge in [0.25, 0.3) is 5.91 Å². The lowest BCUT2D eigenvalue weighted by Gasteiger charge is -2.25. The largest absolute Gasteiger partial charge is 0.496 e. The van der Waals surface area contributed by atoms with Crippen molar-refractivity contribution in [2.24, 2.45) is 0 Å². The molecule has 0 aliphatic carbocycles. The molecule has 1 unspecified atom stereocenters. The molecular formula is C21H22ClNO4. The van der Waals surface area contributed by atoms with Gasteiger partial charge in [-0.05, 0) is 35.7 Å². The number of hydrogen-bond acceptors (Lipinski definition) is 4. The van der Waals surface area contributed by atoms with E-state index in [1.54, 1.807) is 13.2 Å². The Bertz CT molecular complexity index is 852. The highest BCUT2D eigenvalue weighted by atomic mass is 35.5. The molecule has 0 fully saturated rings. The molecule has 1 atom stereocenters. The summed E-state index contributed by atoms with van der Waals surface area (Å²) >= 11 is 6.24. The molecule has 1 heterocycles. The molecule has 2 aromatic carbocycles. The second-order valence-corrected chi connectivity index (χ2v) is 6.92. The zero-order valence-corrected chi connectivity index (χ0v) is 16.2. The SMILES string of the molecule is CCCC(=O)ON1CC(c2ccccc2OC)c2cc(Cl)ccc2CC1=O. The van der Waals surface area contributed by atoms with Gasteiger partial charge in [-0.2, -0.15) is 5.06 Å². The molecule has 1 aliphatic heterocycles. The van der Waals surface area contributed by atoms with Gasteiger partial charge < -0.3 is 9.57 Å². The van der Waals surface area contributed by atoms with E-state index in [-0.39, 0.29) is 31.2 Å². The Balaban J connectivity index is 2.05. The average molecular weight is 388 g/mol. The molecule has 142 valence electrons. The molecule has 2 aromatic rings. The van der Waals surface area contributed by atoms with Crippen LogP contribution in [-0.4, -0.2) is 30.6 Å². The Morgan fingerprint density at radius 1 is 1.22 bits per heavy atom. The Morgan fingerprint density at radius 3 is 2.74 bits per heavy atom. The van der Waals surface area contributed by atoms with E-state index in [0.29, 0.717) is 17.2 Å². The minimum Gasteiger partial charge on any atom is -0.496 e. The number of para-hydroxylation sites is 1. The topological polar surface area (TPSA) is 55.8 Å². The third-order valence-electron chi connectivity index (χ3n) is 4.63. The molecule has 0 saturated carbocycles. The van der Waals surface area contributed by atoms with Gasteiger partial charge in [-0.15, -0.1) is 0 Å². The number of benzene rings is 2. The van der Waals surface area contributed by atoms with Crippen molar-refractivity contribution in [2.45, 2.75) is 32.1 Å². The normalized spacial score (nSPS) is 16.5. The molecule has 0 spiro atoms. The summed E-state index contributed by atoms with van der Waals surface area (Å²) in [6, 6.07) is 13.1. The van der Waals surface area contributed by atoms with Crippen molar-refractivity contribution in [3.05, 3.63) is 64.2 Å². The number of fused-ring (bicyclic) bond motifs is 1. The Kier molecular flexibility index (Phi) is 6.01. The molecule has 5 nitrogen and oxygen atoms in total. The van der Waals surface area contributed by atoms with Crippen molar-refractivity contribution in [1.82, 2.24) is 5.06 Å². The zero-order chi connectivity index (χ0) is 19.4. The van der Waals surface area contributed by atoms with E-state index in [1.165, 1.54) is 5.06 Å². The second-order valence-electron chi connectivity index (χ2n) is 6.48. The number of carbonyl (C=O) groups is 2. The van der Waals surface area contributed by atoms with Gasteiger partial charge in [-0.25, -0.2) is 4.79 Å². The highest BCUT2D eigenvalue weighted by Crippen LogP contribution is 2.37. The number of methoxy groups -OCH3 is 1. The fourth-order valence-corrected chi connectivity index (χ4v) is 3.53. The number of hydroxylamine groups is 2. The molecule has 6 heteroatoms. The fourth-order valence-electron chi connectivity index (χ4n) is 3.35. The van der Waals surface area contributed by atoms with E-state index >= 15 is 0 Å². The average Bonchev–Trinajstić information content (AvgIpc) is 2.79. The highest BCUT2D eigenvalue weighted by Gasteiger charge is 2.32. The molecular weight excluding hydrogens is 366 g/mol. The molecule has 0 N–H and O–H groups in total. The first kappa shape index (κ1) is 19.2. The number of nitrogens with zero attached hydrogens (tertiary/aromatic N) is 1. The van der Waals surface area contributed by atoms with Gasteiger partial charge in [0.1, 0.15) is 5.75 Å². The van der Waals surface area contributed by atoms with E-state index in [4.69, 9.17) is 21.2 Å². The molecule has 1 amide bonds. The molecule has 0 saturated heterocycles. The highest BCUT2D eigenvalue weighted by molar-refractivity contribution is 6.30.